The highest BCUT2D eigenvalue weighted by Crippen LogP contribution is 2.40. The van der Waals surface area contributed by atoms with Crippen LogP contribution in [0.1, 0.15) is 28.1 Å². The van der Waals surface area contributed by atoms with E-state index >= 15 is 0 Å². The van der Waals surface area contributed by atoms with Gasteiger partial charge in [0, 0.05) is 6.54 Å². The molecule has 1 aliphatic carbocycles. The van der Waals surface area contributed by atoms with Crippen LogP contribution in [-0.4, -0.2) is 36.1 Å². The van der Waals surface area contributed by atoms with Gasteiger partial charge in [0.25, 0.3) is 5.91 Å². The average molecular weight is 277 g/mol. The number of nitrogens with zero attached hydrogens (tertiary/aromatic N) is 1. The molecule has 0 N–H and O–H groups in total. The second-order valence-corrected chi connectivity index (χ2v) is 6.37. The smallest absolute Gasteiger partial charge is 0.264 e. The minimum Gasteiger partial charge on any atom is -0.372 e. The van der Waals surface area contributed by atoms with Gasteiger partial charge >= 0.3 is 0 Å². The second-order valence-electron chi connectivity index (χ2n) is 5.46. The average Bonchev–Trinajstić information content (AvgIpc) is 3.09. The Morgan fingerprint density at radius 3 is 3.11 bits per heavy atom. The van der Waals surface area contributed by atoms with Crippen molar-refractivity contribution in [3.8, 4) is 0 Å². The van der Waals surface area contributed by atoms with Gasteiger partial charge in [0.2, 0.25) is 0 Å². The summed E-state index contributed by atoms with van der Waals surface area (Å²) < 4.78 is 5.81. The van der Waals surface area contributed by atoms with Crippen molar-refractivity contribution in [2.75, 3.05) is 13.2 Å². The Morgan fingerprint density at radius 2 is 2.47 bits per heavy atom. The molecule has 1 saturated heterocycles. The molecule has 2 aliphatic rings. The summed E-state index contributed by atoms with van der Waals surface area (Å²) in [6, 6.07) is 2.27. The Labute approximate surface area is 117 Å². The zero-order valence-corrected chi connectivity index (χ0v) is 12.0. The molecule has 0 spiro atoms. The van der Waals surface area contributed by atoms with Gasteiger partial charge in [-0.3, -0.25) is 4.79 Å². The summed E-state index contributed by atoms with van der Waals surface area (Å²) in [6.45, 7) is 7.16. The van der Waals surface area contributed by atoms with E-state index in [1.165, 1.54) is 0 Å². The molecule has 1 amide bonds. The lowest BCUT2D eigenvalue weighted by Gasteiger charge is -2.33. The van der Waals surface area contributed by atoms with Crippen molar-refractivity contribution >= 4 is 17.2 Å². The topological polar surface area (TPSA) is 29.5 Å². The molecule has 2 heterocycles. The SMILES string of the molecule is C=CCO[C@H]1C[C@H]2C[C@H]1N(C(=O)c1sccc1C)C2. The maximum atomic E-state index is 12.6. The van der Waals surface area contributed by atoms with E-state index in [9.17, 15) is 4.79 Å². The third kappa shape index (κ3) is 2.23. The number of aryl methyl sites for hydroxylation is 1. The number of ether oxygens (including phenoxy) is 1. The monoisotopic (exact) mass is 277 g/mol. The predicted octanol–water partition coefficient (Wildman–Crippen LogP) is 2.86. The minimum absolute atomic E-state index is 0.187. The van der Waals surface area contributed by atoms with Crippen LogP contribution in [0.3, 0.4) is 0 Å². The fourth-order valence-electron chi connectivity index (χ4n) is 3.29. The van der Waals surface area contributed by atoms with Crippen LogP contribution in [0.2, 0.25) is 0 Å². The number of carbonyl (C=O) groups is 1. The highest BCUT2D eigenvalue weighted by atomic mass is 32.1. The maximum absolute atomic E-state index is 12.6. The first-order chi connectivity index (χ1) is 9.20. The van der Waals surface area contributed by atoms with E-state index in [1.807, 2.05) is 23.3 Å². The largest absolute Gasteiger partial charge is 0.372 e. The quantitative estimate of drug-likeness (QED) is 0.792. The van der Waals surface area contributed by atoms with E-state index in [0.717, 1.165) is 29.8 Å². The first-order valence-corrected chi connectivity index (χ1v) is 7.66. The molecule has 0 unspecified atom stereocenters. The van der Waals surface area contributed by atoms with Crippen LogP contribution < -0.4 is 0 Å². The van der Waals surface area contributed by atoms with Crippen LogP contribution in [0, 0.1) is 12.8 Å². The molecule has 2 fully saturated rings. The van der Waals surface area contributed by atoms with Crippen LogP contribution in [0.5, 0.6) is 0 Å². The number of fused-ring (bicyclic) bond motifs is 2. The Hall–Kier alpha value is -1.13. The Balaban J connectivity index is 1.74. The molecule has 1 aromatic heterocycles. The Morgan fingerprint density at radius 1 is 1.63 bits per heavy atom. The number of piperidine rings is 1. The lowest BCUT2D eigenvalue weighted by Crippen LogP contribution is -2.45. The Kier molecular flexibility index (Phi) is 3.46. The molecule has 102 valence electrons. The summed E-state index contributed by atoms with van der Waals surface area (Å²) in [5.74, 6) is 0.802. The van der Waals surface area contributed by atoms with E-state index in [4.69, 9.17) is 4.74 Å². The van der Waals surface area contributed by atoms with E-state index in [-0.39, 0.29) is 18.1 Å². The van der Waals surface area contributed by atoms with E-state index < -0.39 is 0 Å². The van der Waals surface area contributed by atoms with Crippen molar-refractivity contribution in [2.45, 2.75) is 31.9 Å². The molecule has 4 heteroatoms. The van der Waals surface area contributed by atoms with Crippen LogP contribution in [0.4, 0.5) is 0 Å². The molecule has 0 radical (unpaired) electrons. The zero-order valence-electron chi connectivity index (χ0n) is 11.2. The Bertz CT molecular complexity index is 496. The van der Waals surface area contributed by atoms with Gasteiger partial charge in [-0.05, 0) is 42.7 Å². The van der Waals surface area contributed by atoms with Gasteiger partial charge in [0.15, 0.2) is 0 Å². The van der Waals surface area contributed by atoms with E-state index in [1.54, 1.807) is 17.4 Å². The number of hydrogen-bond donors (Lipinski definition) is 0. The van der Waals surface area contributed by atoms with Crippen LogP contribution in [0.25, 0.3) is 0 Å². The zero-order chi connectivity index (χ0) is 13.4. The fraction of sp³-hybridized carbons (Fsp3) is 0.533. The molecule has 3 atom stereocenters. The van der Waals surface area contributed by atoms with Gasteiger partial charge in [-0.1, -0.05) is 6.08 Å². The number of hydrogen-bond acceptors (Lipinski definition) is 3. The number of carbonyl (C=O) groups excluding carboxylic acids is 1. The highest BCUT2D eigenvalue weighted by Gasteiger charge is 2.47. The summed E-state index contributed by atoms with van der Waals surface area (Å²) >= 11 is 1.54. The summed E-state index contributed by atoms with van der Waals surface area (Å²) in [5.41, 5.74) is 1.08. The van der Waals surface area contributed by atoms with Gasteiger partial charge in [0.1, 0.15) is 0 Å². The number of rotatable bonds is 4. The molecule has 0 aromatic carbocycles. The molecule has 3 rings (SSSR count). The van der Waals surface area contributed by atoms with Gasteiger partial charge in [-0.15, -0.1) is 17.9 Å². The summed E-state index contributed by atoms with van der Waals surface area (Å²) in [7, 11) is 0. The van der Waals surface area contributed by atoms with E-state index in [2.05, 4.69) is 6.58 Å². The number of thiophene rings is 1. The first kappa shape index (κ1) is 12.9. The third-order valence-electron chi connectivity index (χ3n) is 4.17. The first-order valence-electron chi connectivity index (χ1n) is 6.78. The van der Waals surface area contributed by atoms with Crippen LogP contribution in [0.15, 0.2) is 24.1 Å². The van der Waals surface area contributed by atoms with Gasteiger partial charge in [-0.25, -0.2) is 0 Å². The third-order valence-corrected chi connectivity index (χ3v) is 5.17. The van der Waals surface area contributed by atoms with Crippen molar-refractivity contribution in [3.63, 3.8) is 0 Å². The lowest BCUT2D eigenvalue weighted by atomic mass is 10.1. The molecular weight excluding hydrogens is 258 g/mol. The molecule has 2 bridgehead atoms. The molecule has 1 aliphatic heterocycles. The summed E-state index contributed by atoms with van der Waals surface area (Å²) in [4.78, 5) is 15.5. The summed E-state index contributed by atoms with van der Waals surface area (Å²) in [5, 5.41) is 1.99. The molecule has 1 saturated carbocycles. The van der Waals surface area contributed by atoms with Crippen LogP contribution >= 0.6 is 11.3 Å². The standard InChI is InChI=1S/C15H19NO2S/c1-3-5-18-13-8-11-7-12(13)16(9-11)15(17)14-10(2)4-6-19-14/h3-4,6,11-13H,1,5,7-9H2,2H3/t11-,12-,13+/m1/s1. The van der Waals surface area contributed by atoms with Crippen molar-refractivity contribution in [2.24, 2.45) is 5.92 Å². The van der Waals surface area contributed by atoms with Crippen molar-refractivity contribution < 1.29 is 9.53 Å². The van der Waals surface area contributed by atoms with E-state index in [0.29, 0.717) is 12.5 Å². The van der Waals surface area contributed by atoms with Gasteiger partial charge < -0.3 is 9.64 Å². The highest BCUT2D eigenvalue weighted by molar-refractivity contribution is 7.12. The van der Waals surface area contributed by atoms with Gasteiger partial charge in [-0.2, -0.15) is 0 Å². The predicted molar refractivity (Wildman–Crippen MR) is 76.5 cm³/mol. The molecule has 19 heavy (non-hydrogen) atoms. The van der Waals surface area contributed by atoms with Gasteiger partial charge in [0.05, 0.1) is 23.6 Å². The molecule has 1 aromatic rings. The second kappa shape index (κ2) is 5.10. The molecule has 3 nitrogen and oxygen atoms in total. The van der Waals surface area contributed by atoms with Crippen molar-refractivity contribution in [1.82, 2.24) is 4.90 Å². The van der Waals surface area contributed by atoms with Crippen molar-refractivity contribution in [3.05, 3.63) is 34.5 Å². The normalized spacial score (nSPS) is 28.9. The summed E-state index contributed by atoms with van der Waals surface area (Å²) in [6.07, 6.45) is 4.16. The van der Waals surface area contributed by atoms with Crippen molar-refractivity contribution in [1.29, 1.82) is 0 Å². The maximum Gasteiger partial charge on any atom is 0.264 e. The lowest BCUT2D eigenvalue weighted by molar-refractivity contribution is 0.00485. The number of amides is 1. The number of likely N-dealkylation sites (tertiary alicyclic amines) is 1. The fourth-order valence-corrected chi connectivity index (χ4v) is 4.17. The minimum atomic E-state index is 0.187. The van der Waals surface area contributed by atoms with Crippen LogP contribution in [-0.2, 0) is 4.74 Å². The molecular formula is C15H19NO2S.